The molecule has 1 aromatic rings. The number of nitrogens with two attached hydrogens (primary N) is 1. The van der Waals surface area contributed by atoms with Crippen molar-refractivity contribution >= 4 is 15.9 Å². The molecule has 2 unspecified atom stereocenters. The Balaban J connectivity index is 2.13. The molecule has 0 amide bonds. The van der Waals surface area contributed by atoms with Crippen molar-refractivity contribution < 1.29 is 9.47 Å². The lowest BCUT2D eigenvalue weighted by atomic mass is 9.94. The average molecular weight is 343 g/mol. The van der Waals surface area contributed by atoms with E-state index in [9.17, 15) is 0 Å². The summed E-state index contributed by atoms with van der Waals surface area (Å²) in [5.41, 5.74) is 7.36. The number of ether oxygens (including phenoxy) is 2. The number of benzene rings is 1. The molecule has 1 fully saturated rings. The van der Waals surface area contributed by atoms with Gasteiger partial charge in [0.25, 0.3) is 0 Å². The lowest BCUT2D eigenvalue weighted by Crippen LogP contribution is -2.47. The highest BCUT2D eigenvalue weighted by Gasteiger charge is 2.23. The zero-order chi connectivity index (χ0) is 14.7. The van der Waals surface area contributed by atoms with Crippen LogP contribution < -0.4 is 15.2 Å². The van der Waals surface area contributed by atoms with Crippen LogP contribution >= 0.6 is 15.9 Å². The molecule has 2 N–H and O–H groups in total. The van der Waals surface area contributed by atoms with E-state index < -0.39 is 0 Å². The van der Waals surface area contributed by atoms with Gasteiger partial charge in [-0.25, -0.2) is 0 Å². The summed E-state index contributed by atoms with van der Waals surface area (Å²) in [6, 6.07) is 4.26. The molecule has 112 valence electrons. The standard InChI is InChI=1S/C15H23BrN2O2/c1-10-4-5-18(9-13(10)17)8-11-6-14(19-2)15(20-3)7-12(11)16/h6-7,10,13H,4-5,8-9,17H2,1-3H3. The molecule has 20 heavy (non-hydrogen) atoms. The van der Waals surface area contributed by atoms with Crippen molar-refractivity contribution in [1.82, 2.24) is 4.90 Å². The van der Waals surface area contributed by atoms with Gasteiger partial charge < -0.3 is 15.2 Å². The van der Waals surface area contributed by atoms with Gasteiger partial charge in [0.2, 0.25) is 0 Å². The second-order valence-corrected chi connectivity index (χ2v) is 6.32. The zero-order valence-corrected chi connectivity index (χ0v) is 13.9. The number of hydrogen-bond donors (Lipinski definition) is 1. The van der Waals surface area contributed by atoms with Crippen LogP contribution in [0.4, 0.5) is 0 Å². The maximum atomic E-state index is 6.16. The van der Waals surface area contributed by atoms with E-state index in [4.69, 9.17) is 15.2 Å². The van der Waals surface area contributed by atoms with Crippen LogP contribution in [0.2, 0.25) is 0 Å². The molecule has 1 aromatic carbocycles. The molecule has 0 aromatic heterocycles. The van der Waals surface area contributed by atoms with Crippen LogP contribution in [-0.4, -0.2) is 38.3 Å². The first kappa shape index (κ1) is 15.6. The summed E-state index contributed by atoms with van der Waals surface area (Å²) in [5, 5.41) is 0. The van der Waals surface area contributed by atoms with E-state index in [1.807, 2.05) is 12.1 Å². The quantitative estimate of drug-likeness (QED) is 0.913. The molecule has 4 nitrogen and oxygen atoms in total. The van der Waals surface area contributed by atoms with Gasteiger partial charge in [0.1, 0.15) is 0 Å². The van der Waals surface area contributed by atoms with Crippen molar-refractivity contribution in [2.45, 2.75) is 25.9 Å². The average Bonchev–Trinajstić information content (AvgIpc) is 2.44. The largest absolute Gasteiger partial charge is 0.493 e. The van der Waals surface area contributed by atoms with E-state index >= 15 is 0 Å². The fourth-order valence-corrected chi connectivity index (χ4v) is 3.02. The number of rotatable bonds is 4. The molecule has 0 aliphatic carbocycles. The first-order valence-electron chi connectivity index (χ1n) is 6.93. The molecule has 1 heterocycles. The Labute approximate surface area is 129 Å². The van der Waals surface area contributed by atoms with E-state index in [1.165, 1.54) is 5.56 Å². The molecule has 5 heteroatoms. The summed E-state index contributed by atoms with van der Waals surface area (Å²) in [7, 11) is 3.31. The van der Waals surface area contributed by atoms with Crippen LogP contribution in [0.15, 0.2) is 16.6 Å². The highest BCUT2D eigenvalue weighted by atomic mass is 79.9. The minimum Gasteiger partial charge on any atom is -0.493 e. The molecule has 0 radical (unpaired) electrons. The zero-order valence-electron chi connectivity index (χ0n) is 12.4. The third kappa shape index (κ3) is 3.45. The van der Waals surface area contributed by atoms with Gasteiger partial charge in [-0.05, 0) is 36.6 Å². The van der Waals surface area contributed by atoms with Crippen LogP contribution in [0.1, 0.15) is 18.9 Å². The maximum absolute atomic E-state index is 6.16. The smallest absolute Gasteiger partial charge is 0.161 e. The lowest BCUT2D eigenvalue weighted by molar-refractivity contribution is 0.162. The molecule has 1 aliphatic rings. The van der Waals surface area contributed by atoms with Crippen LogP contribution in [0.5, 0.6) is 11.5 Å². The van der Waals surface area contributed by atoms with Crippen LogP contribution in [-0.2, 0) is 6.54 Å². The molecule has 1 saturated heterocycles. The minimum atomic E-state index is 0.266. The summed E-state index contributed by atoms with van der Waals surface area (Å²) in [6.07, 6.45) is 1.16. The van der Waals surface area contributed by atoms with Gasteiger partial charge in [-0.2, -0.15) is 0 Å². The van der Waals surface area contributed by atoms with E-state index in [0.29, 0.717) is 5.92 Å². The van der Waals surface area contributed by atoms with Crippen LogP contribution in [0.25, 0.3) is 0 Å². The van der Waals surface area contributed by atoms with Gasteiger partial charge in [0.05, 0.1) is 14.2 Å². The van der Waals surface area contributed by atoms with E-state index in [0.717, 1.165) is 42.0 Å². The minimum absolute atomic E-state index is 0.266. The second kappa shape index (κ2) is 6.78. The van der Waals surface area contributed by atoms with Crippen molar-refractivity contribution in [2.24, 2.45) is 11.7 Å². The topological polar surface area (TPSA) is 47.7 Å². The van der Waals surface area contributed by atoms with Crippen molar-refractivity contribution in [3.8, 4) is 11.5 Å². The van der Waals surface area contributed by atoms with Crippen molar-refractivity contribution in [3.05, 3.63) is 22.2 Å². The predicted octanol–water partition coefficient (Wildman–Crippen LogP) is 2.64. The maximum Gasteiger partial charge on any atom is 0.161 e. The normalized spacial score (nSPS) is 23.6. The Morgan fingerprint density at radius 2 is 1.95 bits per heavy atom. The number of methoxy groups -OCH3 is 2. The summed E-state index contributed by atoms with van der Waals surface area (Å²) in [4.78, 5) is 2.40. The van der Waals surface area contributed by atoms with E-state index in [1.54, 1.807) is 14.2 Å². The molecular formula is C15H23BrN2O2. The van der Waals surface area contributed by atoms with Crippen molar-refractivity contribution in [3.63, 3.8) is 0 Å². The number of piperidine rings is 1. The number of halogens is 1. The first-order valence-corrected chi connectivity index (χ1v) is 7.72. The molecular weight excluding hydrogens is 320 g/mol. The predicted molar refractivity (Wildman–Crippen MR) is 84.3 cm³/mol. The van der Waals surface area contributed by atoms with E-state index in [2.05, 4.69) is 27.8 Å². The van der Waals surface area contributed by atoms with Gasteiger partial charge in [-0.3, -0.25) is 4.90 Å². The SMILES string of the molecule is COc1cc(Br)c(CN2CCC(C)C(N)C2)cc1OC. The fraction of sp³-hybridized carbons (Fsp3) is 0.600. The monoisotopic (exact) mass is 342 g/mol. The third-order valence-corrected chi connectivity index (χ3v) is 4.79. The van der Waals surface area contributed by atoms with Crippen molar-refractivity contribution in [2.75, 3.05) is 27.3 Å². The molecule has 0 spiro atoms. The summed E-state index contributed by atoms with van der Waals surface area (Å²) >= 11 is 3.61. The summed E-state index contributed by atoms with van der Waals surface area (Å²) in [5.74, 6) is 2.12. The fourth-order valence-electron chi connectivity index (χ4n) is 2.57. The van der Waals surface area contributed by atoms with Crippen molar-refractivity contribution in [1.29, 1.82) is 0 Å². The van der Waals surface area contributed by atoms with Gasteiger partial charge >= 0.3 is 0 Å². The van der Waals surface area contributed by atoms with Crippen LogP contribution in [0.3, 0.4) is 0 Å². The Kier molecular flexibility index (Phi) is 5.29. The molecule has 2 rings (SSSR count). The Hall–Kier alpha value is -0.780. The van der Waals surface area contributed by atoms with E-state index in [-0.39, 0.29) is 6.04 Å². The number of hydrogen-bond acceptors (Lipinski definition) is 4. The molecule has 2 atom stereocenters. The first-order chi connectivity index (χ1) is 9.55. The number of likely N-dealkylation sites (tertiary alicyclic amines) is 1. The third-order valence-electron chi connectivity index (χ3n) is 4.05. The summed E-state index contributed by atoms with van der Waals surface area (Å²) in [6.45, 7) is 5.15. The lowest BCUT2D eigenvalue weighted by Gasteiger charge is -2.35. The summed E-state index contributed by atoms with van der Waals surface area (Å²) < 4.78 is 11.7. The molecule has 0 bridgehead atoms. The van der Waals surface area contributed by atoms with Gasteiger partial charge in [-0.15, -0.1) is 0 Å². The second-order valence-electron chi connectivity index (χ2n) is 5.46. The highest BCUT2D eigenvalue weighted by Crippen LogP contribution is 2.34. The Bertz CT molecular complexity index is 467. The van der Waals surface area contributed by atoms with Gasteiger partial charge in [0, 0.05) is 23.6 Å². The molecule has 1 aliphatic heterocycles. The van der Waals surface area contributed by atoms with Gasteiger partial charge in [-0.1, -0.05) is 22.9 Å². The number of nitrogens with zero attached hydrogens (tertiary/aromatic N) is 1. The highest BCUT2D eigenvalue weighted by molar-refractivity contribution is 9.10. The Morgan fingerprint density at radius 1 is 1.30 bits per heavy atom. The molecule has 0 saturated carbocycles. The van der Waals surface area contributed by atoms with Crippen LogP contribution in [0, 0.1) is 5.92 Å². The van der Waals surface area contributed by atoms with Gasteiger partial charge in [0.15, 0.2) is 11.5 Å². The Morgan fingerprint density at radius 3 is 2.55 bits per heavy atom.